The molecule has 0 aliphatic carbocycles. The average Bonchev–Trinajstić information content (AvgIpc) is 0.686. The first-order valence-corrected chi connectivity index (χ1v) is 34.3. The molecular weight excluding hydrogens is 1100 g/mol. The number of imide groups is 1. The molecule has 0 N–H and O–H groups in total. The van der Waals surface area contributed by atoms with E-state index < -0.39 is 0 Å². The van der Waals surface area contributed by atoms with Gasteiger partial charge in [-0.05, 0) is 177 Å². The third-order valence-electron chi connectivity index (χ3n) is 19.6. The fourth-order valence-electron chi connectivity index (χ4n) is 14.3. The number of ether oxygens (including phenoxy) is 2. The summed E-state index contributed by atoms with van der Waals surface area (Å²) >= 11 is 0. The first kappa shape index (κ1) is 63.6. The molecule has 6 nitrogen and oxygen atoms in total. The molecule has 0 fully saturated rings. The molecule has 2 amide bonds. The minimum atomic E-state index is -0.371. The summed E-state index contributed by atoms with van der Waals surface area (Å²) in [5.74, 6) is 1.72. The lowest BCUT2D eigenvalue weighted by atomic mass is 9.79. The molecule has 0 spiro atoms. The van der Waals surface area contributed by atoms with Crippen LogP contribution in [0.3, 0.4) is 0 Å². The highest BCUT2D eigenvalue weighted by Crippen LogP contribution is 2.55. The van der Waals surface area contributed by atoms with Gasteiger partial charge in [0.25, 0.3) is 11.8 Å². The second-order valence-electron chi connectivity index (χ2n) is 27.8. The number of benzene rings is 10. The Labute approximate surface area is 537 Å². The second-order valence-corrected chi connectivity index (χ2v) is 27.8. The molecule has 1 aliphatic rings. The summed E-state index contributed by atoms with van der Waals surface area (Å²) < 4.78 is 14.7. The fourth-order valence-corrected chi connectivity index (χ4v) is 14.3. The van der Waals surface area contributed by atoms with Crippen LogP contribution < -0.4 is 19.3 Å². The van der Waals surface area contributed by atoms with Crippen LogP contribution in [0.1, 0.15) is 239 Å². The number of para-hydroxylation sites is 1. The second kappa shape index (κ2) is 27.2. The van der Waals surface area contributed by atoms with Gasteiger partial charge in [0.15, 0.2) is 0 Å². The Morgan fingerprint density at radius 3 is 1.27 bits per heavy atom. The van der Waals surface area contributed by atoms with Crippen LogP contribution in [-0.4, -0.2) is 11.8 Å². The molecule has 0 unspecified atom stereocenters. The van der Waals surface area contributed by atoms with Crippen molar-refractivity contribution in [1.82, 2.24) is 0 Å². The molecule has 466 valence electrons. The Morgan fingerprint density at radius 2 is 0.833 bits per heavy atom. The van der Waals surface area contributed by atoms with Gasteiger partial charge in [-0.1, -0.05) is 238 Å². The molecule has 0 atom stereocenters. The predicted octanol–water partition coefficient (Wildman–Crippen LogP) is 25.0. The van der Waals surface area contributed by atoms with Crippen LogP contribution >= 0.6 is 0 Å². The summed E-state index contributed by atoms with van der Waals surface area (Å²) in [4.78, 5) is 36.1. The van der Waals surface area contributed by atoms with Crippen LogP contribution in [0.4, 0.5) is 22.7 Å². The molecule has 1 aliphatic heterocycles. The van der Waals surface area contributed by atoms with E-state index in [9.17, 15) is 0 Å². The predicted molar refractivity (Wildman–Crippen MR) is 382 cm³/mol. The minimum Gasteiger partial charge on any atom is -0.457 e. The maximum Gasteiger partial charge on any atom is 0.266 e. The Kier molecular flexibility index (Phi) is 19.3. The summed E-state index contributed by atoms with van der Waals surface area (Å²) in [5.41, 5.74) is 11.8. The summed E-state index contributed by atoms with van der Waals surface area (Å²) in [6.45, 7) is 27.1. The normalized spacial score (nSPS) is 12.9. The number of unbranched alkanes of at least 4 members (excludes halogenated alkanes) is 8. The van der Waals surface area contributed by atoms with Gasteiger partial charge in [-0.25, -0.2) is 4.90 Å². The fraction of sp³-hybridized carbons (Fsp3) is 0.381. The van der Waals surface area contributed by atoms with Gasteiger partial charge < -0.3 is 14.4 Å². The zero-order valence-electron chi connectivity index (χ0n) is 56.0. The van der Waals surface area contributed by atoms with Gasteiger partial charge in [0.2, 0.25) is 0 Å². The molecule has 11 rings (SSSR count). The standard InChI is InChI=1S/C84H96N2O4/c1-13-17-21-27-57-33-45-63(46-34-57)89-73-53-70-76-71(82(88)86(81(70)87)80-65(55(5)6)29-25-30-66(80)56(7)8)54-74(90-64-47-35-58(36-48-64)28-22-18-14-2)78-69-49-50-72(67-31-26-32-68(75(67)69)77(73)79(76)78)85(61-41-37-59(38-42-61)83(9,10)51-23-19-15-3)62-43-39-60(40-44-62)84(11,12)52-24-20-16-4/h25-26,29-50,53-56H,13-24,27-28,51-52H2,1-12H3. The van der Waals surface area contributed by atoms with Gasteiger partial charge in [-0.15, -0.1) is 0 Å². The Balaban J connectivity index is 1.20. The van der Waals surface area contributed by atoms with E-state index in [2.05, 4.69) is 234 Å². The number of amides is 2. The molecule has 0 aromatic heterocycles. The average molecular weight is 1200 g/mol. The van der Waals surface area contributed by atoms with Crippen LogP contribution in [0.25, 0.3) is 43.1 Å². The Bertz CT molecular complexity index is 3930. The molecule has 10 aromatic rings. The summed E-state index contributed by atoms with van der Waals surface area (Å²) in [6.07, 6.45) is 18.4. The summed E-state index contributed by atoms with van der Waals surface area (Å²) in [7, 11) is 0. The molecular formula is C84H96N2O4. The highest BCUT2D eigenvalue weighted by Gasteiger charge is 2.40. The van der Waals surface area contributed by atoms with Crippen LogP contribution in [0.5, 0.6) is 23.0 Å². The van der Waals surface area contributed by atoms with E-state index >= 15 is 9.59 Å². The van der Waals surface area contributed by atoms with E-state index in [1.807, 2.05) is 12.1 Å². The van der Waals surface area contributed by atoms with E-state index in [4.69, 9.17) is 9.47 Å². The van der Waals surface area contributed by atoms with Crippen molar-refractivity contribution in [2.24, 2.45) is 0 Å². The molecule has 0 radical (unpaired) electrons. The third kappa shape index (κ3) is 12.6. The van der Waals surface area contributed by atoms with Crippen molar-refractivity contribution in [2.75, 3.05) is 9.80 Å². The lowest BCUT2D eigenvalue weighted by molar-refractivity contribution is 0.0892. The number of rotatable bonds is 28. The van der Waals surface area contributed by atoms with Gasteiger partial charge in [0.05, 0.1) is 22.5 Å². The lowest BCUT2D eigenvalue weighted by Crippen LogP contribution is -2.42. The van der Waals surface area contributed by atoms with Crippen molar-refractivity contribution < 1.29 is 19.1 Å². The van der Waals surface area contributed by atoms with Gasteiger partial charge in [-0.2, -0.15) is 0 Å². The van der Waals surface area contributed by atoms with E-state index in [-0.39, 0.29) is 34.5 Å². The number of aryl methyl sites for hydroxylation is 2. The monoisotopic (exact) mass is 1200 g/mol. The zero-order chi connectivity index (χ0) is 63.4. The van der Waals surface area contributed by atoms with E-state index in [1.165, 1.54) is 78.5 Å². The smallest absolute Gasteiger partial charge is 0.266 e. The van der Waals surface area contributed by atoms with Crippen molar-refractivity contribution in [2.45, 2.75) is 208 Å². The Hall–Kier alpha value is -7.96. The molecule has 0 saturated heterocycles. The highest BCUT2D eigenvalue weighted by molar-refractivity contribution is 6.44. The topological polar surface area (TPSA) is 59.1 Å². The number of carbonyl (C=O) groups excluding carboxylic acids is 2. The quantitative estimate of drug-likeness (QED) is 0.0212. The SMILES string of the molecule is CCCCCc1ccc(Oc2cc3c4c(cc(Oc5ccc(CCCCC)cc5)c5c6ccc(N(c7ccc(C(C)(C)CCCCC)cc7)c7ccc(C(C)(C)CCCCC)cc7)c7cccc(c2c45)c76)C(=O)N(c2c(C(C)C)cccc2C(C)C)C3=O)cc1. The van der Waals surface area contributed by atoms with E-state index in [1.54, 1.807) is 0 Å². The molecule has 0 bridgehead atoms. The first-order valence-electron chi connectivity index (χ1n) is 34.3. The van der Waals surface area contributed by atoms with Crippen LogP contribution in [0, 0.1) is 0 Å². The van der Waals surface area contributed by atoms with Crippen LogP contribution in [-0.2, 0) is 23.7 Å². The first-order chi connectivity index (χ1) is 43.5. The largest absolute Gasteiger partial charge is 0.457 e. The van der Waals surface area contributed by atoms with Gasteiger partial charge in [0, 0.05) is 38.3 Å². The number of nitrogens with zero attached hydrogens (tertiary/aromatic N) is 2. The highest BCUT2D eigenvalue weighted by atomic mass is 16.5. The molecule has 0 saturated carbocycles. The maximum atomic E-state index is 16.1. The number of hydrogen-bond acceptors (Lipinski definition) is 5. The zero-order valence-corrected chi connectivity index (χ0v) is 56.0. The van der Waals surface area contributed by atoms with Gasteiger partial charge in [-0.3, -0.25) is 9.59 Å². The van der Waals surface area contributed by atoms with Crippen molar-refractivity contribution in [3.63, 3.8) is 0 Å². The molecule has 90 heavy (non-hydrogen) atoms. The van der Waals surface area contributed by atoms with Gasteiger partial charge in [0.1, 0.15) is 23.0 Å². The molecule has 6 heteroatoms. The number of carbonyl (C=O) groups is 2. The minimum absolute atomic E-state index is 0.0222. The number of fused-ring (bicyclic) bond motifs is 2. The van der Waals surface area contributed by atoms with Crippen molar-refractivity contribution in [1.29, 1.82) is 0 Å². The maximum absolute atomic E-state index is 16.1. The van der Waals surface area contributed by atoms with Crippen LogP contribution in [0.2, 0.25) is 0 Å². The summed E-state index contributed by atoms with van der Waals surface area (Å²) in [5, 5.41) is 7.01. The lowest BCUT2D eigenvalue weighted by Gasteiger charge is -2.34. The van der Waals surface area contributed by atoms with Gasteiger partial charge >= 0.3 is 0 Å². The number of anilines is 4. The van der Waals surface area contributed by atoms with Crippen molar-refractivity contribution in [3.05, 3.63) is 202 Å². The van der Waals surface area contributed by atoms with Crippen molar-refractivity contribution in [3.8, 4) is 23.0 Å². The third-order valence-corrected chi connectivity index (χ3v) is 19.6. The molecule has 1 heterocycles. The molecule has 10 aromatic carbocycles. The van der Waals surface area contributed by atoms with Crippen molar-refractivity contribution >= 4 is 77.7 Å². The Morgan fingerprint density at radius 1 is 0.422 bits per heavy atom. The summed E-state index contributed by atoms with van der Waals surface area (Å²) in [6, 6.07) is 56.8. The van der Waals surface area contributed by atoms with E-state index in [0.29, 0.717) is 45.2 Å². The van der Waals surface area contributed by atoms with E-state index in [0.717, 1.165) is 117 Å². The number of hydrogen-bond donors (Lipinski definition) is 0. The van der Waals surface area contributed by atoms with Crippen LogP contribution in [0.15, 0.2) is 158 Å².